The summed E-state index contributed by atoms with van der Waals surface area (Å²) in [5.41, 5.74) is 7.37. The Kier molecular flexibility index (Phi) is 5.49. The van der Waals surface area contributed by atoms with Gasteiger partial charge in [-0.1, -0.05) is 46.2 Å². The molecule has 0 heterocycles. The second-order valence-electron chi connectivity index (χ2n) is 5.08. The minimum Gasteiger partial charge on any atom is -0.492 e. The van der Waals surface area contributed by atoms with Crippen LogP contribution >= 0.6 is 0 Å². The van der Waals surface area contributed by atoms with E-state index in [-0.39, 0.29) is 6.04 Å². The lowest BCUT2D eigenvalue weighted by atomic mass is 10.0. The van der Waals surface area contributed by atoms with E-state index in [1.54, 1.807) is 0 Å². The molecule has 0 aliphatic rings. The zero-order chi connectivity index (χ0) is 12.8. The minimum atomic E-state index is 0.116. The van der Waals surface area contributed by atoms with Gasteiger partial charge in [0.15, 0.2) is 0 Å². The van der Waals surface area contributed by atoms with E-state index >= 15 is 0 Å². The van der Waals surface area contributed by atoms with Gasteiger partial charge in [0.05, 0.1) is 0 Å². The van der Waals surface area contributed by atoms with Gasteiger partial charge in [-0.25, -0.2) is 0 Å². The third-order valence-electron chi connectivity index (χ3n) is 3.36. The molecular formula is C15H25NO. The molecule has 96 valence electrons. The molecule has 0 aliphatic carbocycles. The molecule has 2 N–H and O–H groups in total. The summed E-state index contributed by atoms with van der Waals surface area (Å²) in [6, 6.07) is 8.41. The van der Waals surface area contributed by atoms with Crippen LogP contribution in [0.15, 0.2) is 24.3 Å². The summed E-state index contributed by atoms with van der Waals surface area (Å²) in [6.45, 7) is 9.29. The van der Waals surface area contributed by atoms with Crippen molar-refractivity contribution >= 4 is 0 Å². The maximum Gasteiger partial charge on any atom is 0.119 e. The van der Waals surface area contributed by atoms with Gasteiger partial charge in [0.25, 0.3) is 0 Å². The first-order valence-electron chi connectivity index (χ1n) is 6.53. The molecule has 1 aromatic carbocycles. The first-order chi connectivity index (χ1) is 8.04. The van der Waals surface area contributed by atoms with Gasteiger partial charge < -0.3 is 10.5 Å². The van der Waals surface area contributed by atoms with Crippen molar-refractivity contribution in [3.8, 4) is 5.75 Å². The largest absolute Gasteiger partial charge is 0.492 e. The molecule has 0 saturated heterocycles. The Morgan fingerprint density at radius 3 is 2.18 bits per heavy atom. The second kappa shape index (κ2) is 6.65. The monoisotopic (exact) mass is 235 g/mol. The standard InChI is InChI=1S/C15H25NO/c1-5-12(4)15(16)10-17-14-8-6-13(7-9-14)11(2)3/h6-9,11-12,15H,5,10,16H2,1-4H3. The molecule has 0 radical (unpaired) electrons. The van der Waals surface area contributed by atoms with Crippen molar-refractivity contribution in [1.82, 2.24) is 0 Å². The maximum absolute atomic E-state index is 6.03. The van der Waals surface area contributed by atoms with Crippen LogP contribution in [0.5, 0.6) is 5.75 Å². The van der Waals surface area contributed by atoms with Crippen molar-refractivity contribution in [3.63, 3.8) is 0 Å². The van der Waals surface area contributed by atoms with Crippen molar-refractivity contribution < 1.29 is 4.74 Å². The van der Waals surface area contributed by atoms with Crippen LogP contribution in [0.3, 0.4) is 0 Å². The average molecular weight is 235 g/mol. The summed E-state index contributed by atoms with van der Waals surface area (Å²) in [7, 11) is 0. The highest BCUT2D eigenvalue weighted by atomic mass is 16.5. The topological polar surface area (TPSA) is 35.2 Å². The van der Waals surface area contributed by atoms with Crippen LogP contribution in [-0.4, -0.2) is 12.6 Å². The van der Waals surface area contributed by atoms with Crippen LogP contribution in [0.4, 0.5) is 0 Å². The molecule has 0 spiro atoms. The summed E-state index contributed by atoms with van der Waals surface area (Å²) in [5.74, 6) is 1.98. The molecule has 17 heavy (non-hydrogen) atoms. The van der Waals surface area contributed by atoms with E-state index in [1.807, 2.05) is 12.1 Å². The van der Waals surface area contributed by atoms with Gasteiger partial charge >= 0.3 is 0 Å². The fraction of sp³-hybridized carbons (Fsp3) is 0.600. The summed E-state index contributed by atoms with van der Waals surface area (Å²) in [4.78, 5) is 0. The zero-order valence-electron chi connectivity index (χ0n) is 11.4. The van der Waals surface area contributed by atoms with Gasteiger partial charge in [0.2, 0.25) is 0 Å². The zero-order valence-corrected chi connectivity index (χ0v) is 11.4. The molecular weight excluding hydrogens is 210 g/mol. The van der Waals surface area contributed by atoms with E-state index in [4.69, 9.17) is 10.5 Å². The number of ether oxygens (including phenoxy) is 1. The SMILES string of the molecule is CCC(C)C(N)COc1ccc(C(C)C)cc1. The molecule has 2 atom stereocenters. The molecule has 1 rings (SSSR count). The van der Waals surface area contributed by atoms with Gasteiger partial charge in [-0.05, 0) is 29.5 Å². The van der Waals surface area contributed by atoms with Crippen molar-refractivity contribution in [2.45, 2.75) is 46.1 Å². The molecule has 0 fully saturated rings. The minimum absolute atomic E-state index is 0.116. The highest BCUT2D eigenvalue weighted by Crippen LogP contribution is 2.19. The number of rotatable bonds is 6. The number of nitrogens with two attached hydrogens (primary N) is 1. The van der Waals surface area contributed by atoms with Gasteiger partial charge in [-0.2, -0.15) is 0 Å². The summed E-state index contributed by atoms with van der Waals surface area (Å²) < 4.78 is 5.70. The Hall–Kier alpha value is -1.02. The van der Waals surface area contributed by atoms with E-state index in [1.165, 1.54) is 5.56 Å². The molecule has 0 saturated carbocycles. The molecule has 2 unspecified atom stereocenters. The number of hydrogen-bond donors (Lipinski definition) is 1. The van der Waals surface area contributed by atoms with Crippen LogP contribution in [0.1, 0.15) is 45.6 Å². The molecule has 2 heteroatoms. The number of hydrogen-bond acceptors (Lipinski definition) is 2. The lowest BCUT2D eigenvalue weighted by Crippen LogP contribution is -2.34. The Balaban J connectivity index is 2.47. The van der Waals surface area contributed by atoms with E-state index in [0.717, 1.165) is 12.2 Å². The van der Waals surface area contributed by atoms with Crippen LogP contribution in [0.2, 0.25) is 0 Å². The molecule has 1 aromatic rings. The lowest BCUT2D eigenvalue weighted by Gasteiger charge is -2.18. The first-order valence-corrected chi connectivity index (χ1v) is 6.53. The smallest absolute Gasteiger partial charge is 0.119 e. The fourth-order valence-corrected chi connectivity index (χ4v) is 1.61. The Morgan fingerprint density at radius 1 is 1.12 bits per heavy atom. The van der Waals surface area contributed by atoms with Crippen LogP contribution in [0, 0.1) is 5.92 Å². The Morgan fingerprint density at radius 2 is 1.71 bits per heavy atom. The van der Waals surface area contributed by atoms with Crippen LogP contribution in [0.25, 0.3) is 0 Å². The van der Waals surface area contributed by atoms with E-state index < -0.39 is 0 Å². The average Bonchev–Trinajstić information content (AvgIpc) is 2.35. The van der Waals surface area contributed by atoms with Gasteiger partial charge in [0.1, 0.15) is 12.4 Å². The maximum atomic E-state index is 6.03. The Labute approximate surface area is 105 Å². The molecule has 0 aromatic heterocycles. The molecule has 0 amide bonds. The van der Waals surface area contributed by atoms with E-state index in [0.29, 0.717) is 18.4 Å². The summed E-state index contributed by atoms with van der Waals surface area (Å²) in [6.07, 6.45) is 1.09. The predicted octanol–water partition coefficient (Wildman–Crippen LogP) is 3.56. The Bertz CT molecular complexity index is 318. The fourth-order valence-electron chi connectivity index (χ4n) is 1.61. The normalized spacial score (nSPS) is 14.7. The third-order valence-corrected chi connectivity index (χ3v) is 3.36. The van der Waals surface area contributed by atoms with Gasteiger partial charge in [-0.15, -0.1) is 0 Å². The summed E-state index contributed by atoms with van der Waals surface area (Å²) >= 11 is 0. The van der Waals surface area contributed by atoms with Crippen molar-refractivity contribution in [2.75, 3.05) is 6.61 Å². The second-order valence-corrected chi connectivity index (χ2v) is 5.08. The van der Waals surface area contributed by atoms with Gasteiger partial charge in [0, 0.05) is 6.04 Å². The third kappa shape index (κ3) is 4.39. The quantitative estimate of drug-likeness (QED) is 0.818. The lowest BCUT2D eigenvalue weighted by molar-refractivity contribution is 0.250. The van der Waals surface area contributed by atoms with Crippen molar-refractivity contribution in [2.24, 2.45) is 11.7 Å². The molecule has 2 nitrogen and oxygen atoms in total. The summed E-state index contributed by atoms with van der Waals surface area (Å²) in [5, 5.41) is 0. The molecule has 0 aliphatic heterocycles. The van der Waals surface area contributed by atoms with Crippen molar-refractivity contribution in [3.05, 3.63) is 29.8 Å². The highest BCUT2D eigenvalue weighted by Gasteiger charge is 2.11. The highest BCUT2D eigenvalue weighted by molar-refractivity contribution is 5.28. The predicted molar refractivity (Wildman–Crippen MR) is 73.5 cm³/mol. The van der Waals surface area contributed by atoms with Crippen LogP contribution in [-0.2, 0) is 0 Å². The van der Waals surface area contributed by atoms with E-state index in [9.17, 15) is 0 Å². The first kappa shape index (κ1) is 14.0. The number of benzene rings is 1. The molecule has 0 bridgehead atoms. The van der Waals surface area contributed by atoms with Crippen LogP contribution < -0.4 is 10.5 Å². The van der Waals surface area contributed by atoms with Gasteiger partial charge in [-0.3, -0.25) is 0 Å². The van der Waals surface area contributed by atoms with E-state index in [2.05, 4.69) is 39.8 Å². The van der Waals surface area contributed by atoms with Crippen molar-refractivity contribution in [1.29, 1.82) is 0 Å².